The number of ether oxygens (including phenoxy) is 1. The van der Waals surface area contributed by atoms with E-state index in [0.29, 0.717) is 0 Å². The van der Waals surface area contributed by atoms with Crippen molar-refractivity contribution in [3.8, 4) is 22.6 Å². The average Bonchev–Trinajstić information content (AvgIpc) is 3.27. The van der Waals surface area contributed by atoms with E-state index in [1.807, 2.05) is 6.07 Å². The van der Waals surface area contributed by atoms with E-state index in [2.05, 4.69) is 226 Å². The Morgan fingerprint density at radius 3 is 1.41 bits per heavy atom. The summed E-state index contributed by atoms with van der Waals surface area (Å²) in [7, 11) is 0. The van der Waals surface area contributed by atoms with Crippen molar-refractivity contribution in [2.75, 3.05) is 9.80 Å². The summed E-state index contributed by atoms with van der Waals surface area (Å²) in [4.78, 5) is 4.78. The molecule has 0 aliphatic rings. The van der Waals surface area contributed by atoms with Crippen molar-refractivity contribution in [2.45, 2.75) is 71.3 Å². The quantitative estimate of drug-likeness (QED) is 0.104. The van der Waals surface area contributed by atoms with Crippen LogP contribution < -0.4 is 14.5 Å². The third kappa shape index (κ3) is 7.86. The molecule has 0 heterocycles. The second-order valence-electron chi connectivity index (χ2n) is 14.9. The van der Waals surface area contributed by atoms with E-state index in [9.17, 15) is 0 Å². The minimum Gasteiger partial charge on any atom is -0.457 e. The maximum atomic E-state index is 6.59. The maximum Gasteiger partial charge on any atom is 0.129 e. The first-order valence-corrected chi connectivity index (χ1v) is 20.3. The molecule has 0 saturated carbocycles. The van der Waals surface area contributed by atoms with Crippen LogP contribution in [0.2, 0.25) is 0 Å². The van der Waals surface area contributed by atoms with Crippen LogP contribution in [0.15, 0.2) is 188 Å². The van der Waals surface area contributed by atoms with Crippen LogP contribution in [0, 0.1) is 0 Å². The van der Waals surface area contributed by atoms with Crippen LogP contribution in [0.5, 0.6) is 11.5 Å². The van der Waals surface area contributed by atoms with Crippen LogP contribution >= 0.6 is 0 Å². The van der Waals surface area contributed by atoms with Crippen LogP contribution in [-0.4, -0.2) is 0 Å². The normalized spacial score (nSPS) is 11.6. The van der Waals surface area contributed by atoms with Crippen molar-refractivity contribution >= 4 is 28.4 Å². The maximum absolute atomic E-state index is 6.59. The molecule has 0 atom stereocenters. The van der Waals surface area contributed by atoms with E-state index in [1.165, 1.54) is 27.9 Å². The van der Waals surface area contributed by atoms with Crippen LogP contribution in [-0.2, 0) is 11.0 Å². The number of rotatable bonds is 15. The first-order valence-electron chi connectivity index (χ1n) is 20.3. The minimum atomic E-state index is -0.214. The zero-order valence-corrected chi connectivity index (χ0v) is 33.5. The molecule has 0 aromatic heterocycles. The molecule has 0 amide bonds. The second-order valence-corrected chi connectivity index (χ2v) is 14.9. The summed E-state index contributed by atoms with van der Waals surface area (Å²) >= 11 is 0. The summed E-state index contributed by atoms with van der Waals surface area (Å²) in [5.74, 6) is 1.57. The third-order valence-corrected chi connectivity index (χ3v) is 11.9. The lowest BCUT2D eigenvalue weighted by molar-refractivity contribution is 0.403. The lowest BCUT2D eigenvalue weighted by Crippen LogP contribution is -2.42. The molecule has 0 spiro atoms. The zero-order valence-electron chi connectivity index (χ0n) is 33.5. The minimum absolute atomic E-state index is 0.211. The smallest absolute Gasteiger partial charge is 0.129 e. The number of anilines is 5. The number of para-hydroxylation sites is 2. The van der Waals surface area contributed by atoms with Crippen molar-refractivity contribution in [2.24, 2.45) is 0 Å². The topological polar surface area (TPSA) is 15.7 Å². The Balaban J connectivity index is 1.16. The highest BCUT2D eigenvalue weighted by Crippen LogP contribution is 2.45. The molecule has 0 aliphatic heterocycles. The van der Waals surface area contributed by atoms with Gasteiger partial charge < -0.3 is 14.5 Å². The van der Waals surface area contributed by atoms with E-state index in [1.54, 1.807) is 0 Å². The van der Waals surface area contributed by atoms with Gasteiger partial charge in [0, 0.05) is 34.5 Å². The van der Waals surface area contributed by atoms with Crippen molar-refractivity contribution < 1.29 is 4.74 Å². The monoisotopic (exact) mass is 734 g/mol. The molecule has 0 aliphatic carbocycles. The van der Waals surface area contributed by atoms with E-state index in [4.69, 9.17) is 4.74 Å². The molecule has 3 nitrogen and oxygen atoms in total. The van der Waals surface area contributed by atoms with E-state index < -0.39 is 0 Å². The van der Waals surface area contributed by atoms with Gasteiger partial charge in [0.05, 0.1) is 5.54 Å². The fraction of sp³-hybridized carbons (Fsp3) is 0.208. The molecule has 3 heteroatoms. The van der Waals surface area contributed by atoms with Gasteiger partial charge in [-0.05, 0) is 126 Å². The molecule has 0 unspecified atom stereocenters. The van der Waals surface area contributed by atoms with Crippen molar-refractivity contribution in [3.63, 3.8) is 0 Å². The Hall–Kier alpha value is -6.06. The Bertz CT molecular complexity index is 2260. The van der Waals surface area contributed by atoms with Gasteiger partial charge in [-0.25, -0.2) is 0 Å². The fourth-order valence-corrected chi connectivity index (χ4v) is 8.11. The van der Waals surface area contributed by atoms with E-state index >= 15 is 0 Å². The van der Waals surface area contributed by atoms with Gasteiger partial charge in [0.1, 0.15) is 11.5 Å². The van der Waals surface area contributed by atoms with Gasteiger partial charge in [-0.15, -0.1) is 0 Å². The van der Waals surface area contributed by atoms with Gasteiger partial charge in [0.25, 0.3) is 0 Å². The van der Waals surface area contributed by atoms with Gasteiger partial charge >= 0.3 is 0 Å². The van der Waals surface area contributed by atoms with Gasteiger partial charge in [0.2, 0.25) is 0 Å². The van der Waals surface area contributed by atoms with Gasteiger partial charge in [-0.1, -0.05) is 144 Å². The molecular formula is C53H54N2O. The van der Waals surface area contributed by atoms with Crippen LogP contribution in [0.3, 0.4) is 0 Å². The SMILES string of the molecule is CCC(C)(CC)c1ccc(-c2ccc(N(c3ccccc3)c3cccc(Oc4ccc(N(c5ccccc5)C(CC)(CC)c5ccccc5)cc4)c3)cc2)cc1. The molecule has 7 aromatic rings. The summed E-state index contributed by atoms with van der Waals surface area (Å²) in [6, 6.07) is 67.1. The first-order chi connectivity index (χ1) is 27.4. The molecule has 56 heavy (non-hydrogen) atoms. The number of hydrogen-bond acceptors (Lipinski definition) is 3. The highest BCUT2D eigenvalue weighted by Gasteiger charge is 2.36. The molecule has 0 saturated heterocycles. The van der Waals surface area contributed by atoms with Crippen molar-refractivity contribution in [1.82, 2.24) is 0 Å². The largest absolute Gasteiger partial charge is 0.457 e. The van der Waals surface area contributed by atoms with Crippen LogP contribution in [0.25, 0.3) is 11.1 Å². The molecule has 0 radical (unpaired) electrons. The summed E-state index contributed by atoms with van der Waals surface area (Å²) in [6.45, 7) is 11.5. The number of benzene rings is 7. The average molecular weight is 735 g/mol. The summed E-state index contributed by atoms with van der Waals surface area (Å²) in [5, 5.41) is 0. The van der Waals surface area contributed by atoms with E-state index in [-0.39, 0.29) is 11.0 Å². The Morgan fingerprint density at radius 2 is 0.857 bits per heavy atom. The first kappa shape index (κ1) is 38.2. The standard InChI is InChI=1S/C53H54N2O/c1-6-52(5,7-2)43-32-28-41(29-33-43)42-30-34-46(35-31-42)54(45-22-15-11-16-23-45)49-26-19-27-51(40-49)56-50-38-36-48(37-39-50)55(47-24-17-12-18-25-47)53(8-3,9-4)44-20-13-10-14-21-44/h10-40H,6-9H2,1-5H3. The summed E-state index contributed by atoms with van der Waals surface area (Å²) in [5.41, 5.74) is 10.6. The number of nitrogens with zero attached hydrogens (tertiary/aromatic N) is 2. The van der Waals surface area contributed by atoms with E-state index in [0.717, 1.165) is 59.9 Å². The Kier molecular flexibility index (Phi) is 11.7. The van der Waals surface area contributed by atoms with Gasteiger partial charge in [-0.3, -0.25) is 0 Å². The van der Waals surface area contributed by atoms with Crippen molar-refractivity contribution in [1.29, 1.82) is 0 Å². The molecule has 7 aromatic carbocycles. The third-order valence-electron chi connectivity index (χ3n) is 11.9. The molecular weight excluding hydrogens is 681 g/mol. The van der Waals surface area contributed by atoms with Crippen LogP contribution in [0.4, 0.5) is 28.4 Å². The summed E-state index contributed by atoms with van der Waals surface area (Å²) in [6.07, 6.45) is 4.18. The highest BCUT2D eigenvalue weighted by atomic mass is 16.5. The fourth-order valence-electron chi connectivity index (χ4n) is 8.11. The van der Waals surface area contributed by atoms with Gasteiger partial charge in [0.15, 0.2) is 0 Å². The molecule has 282 valence electrons. The zero-order chi connectivity index (χ0) is 39.0. The lowest BCUT2D eigenvalue weighted by atomic mass is 9.77. The van der Waals surface area contributed by atoms with Gasteiger partial charge in [-0.2, -0.15) is 0 Å². The second kappa shape index (κ2) is 17.2. The Labute approximate surface area is 334 Å². The molecule has 0 bridgehead atoms. The molecule has 0 N–H and O–H groups in total. The van der Waals surface area contributed by atoms with Crippen molar-refractivity contribution in [3.05, 3.63) is 199 Å². The predicted octanol–water partition coefficient (Wildman–Crippen LogP) is 15.5. The lowest BCUT2D eigenvalue weighted by Gasteiger charge is -2.45. The molecule has 7 rings (SSSR count). The molecule has 0 fully saturated rings. The Morgan fingerprint density at radius 1 is 0.393 bits per heavy atom. The summed E-state index contributed by atoms with van der Waals surface area (Å²) < 4.78 is 6.59. The predicted molar refractivity (Wildman–Crippen MR) is 238 cm³/mol. The highest BCUT2D eigenvalue weighted by molar-refractivity contribution is 5.79. The van der Waals surface area contributed by atoms with Crippen LogP contribution in [0.1, 0.15) is 71.4 Å². The number of hydrogen-bond donors (Lipinski definition) is 0.